The molecule has 0 saturated heterocycles. The number of rotatable bonds is 7. The average molecular weight is 225 g/mol. The van der Waals surface area contributed by atoms with Gasteiger partial charge in [-0.05, 0) is 27.1 Å². The van der Waals surface area contributed by atoms with Gasteiger partial charge in [-0.25, -0.2) is 0 Å². The lowest BCUT2D eigenvalue weighted by atomic mass is 10.3. The van der Waals surface area contributed by atoms with Crippen LogP contribution in [-0.2, 0) is 13.1 Å². The third kappa shape index (κ3) is 5.23. The first-order valence-corrected chi connectivity index (χ1v) is 5.85. The molecule has 5 nitrogen and oxygen atoms in total. The summed E-state index contributed by atoms with van der Waals surface area (Å²) in [4.78, 5) is 2.18. The summed E-state index contributed by atoms with van der Waals surface area (Å²) in [5, 5.41) is 11.5. The summed E-state index contributed by atoms with van der Waals surface area (Å²) in [5.41, 5.74) is 1.01. The molecule has 1 rings (SSSR count). The van der Waals surface area contributed by atoms with E-state index in [1.807, 2.05) is 10.9 Å². The summed E-state index contributed by atoms with van der Waals surface area (Å²) in [6.07, 6.45) is 3.12. The van der Waals surface area contributed by atoms with Crippen LogP contribution in [0.4, 0.5) is 0 Å². The van der Waals surface area contributed by atoms with Crippen LogP contribution in [0.3, 0.4) is 0 Å². The summed E-state index contributed by atoms with van der Waals surface area (Å²) in [6.45, 7) is 7.07. The fraction of sp³-hybridized carbons (Fsp3) is 0.818. The van der Waals surface area contributed by atoms with E-state index in [1.54, 1.807) is 0 Å². The molecular weight excluding hydrogens is 202 g/mol. The molecule has 1 heterocycles. The van der Waals surface area contributed by atoms with Crippen molar-refractivity contribution < 1.29 is 0 Å². The lowest BCUT2D eigenvalue weighted by Crippen LogP contribution is -2.21. The average Bonchev–Trinajstić information content (AvgIpc) is 2.62. The molecule has 1 aromatic heterocycles. The zero-order valence-corrected chi connectivity index (χ0v) is 10.8. The van der Waals surface area contributed by atoms with Gasteiger partial charge in [-0.3, -0.25) is 4.68 Å². The van der Waals surface area contributed by atoms with Gasteiger partial charge in [-0.1, -0.05) is 19.1 Å². The molecule has 0 aliphatic rings. The molecule has 92 valence electrons. The van der Waals surface area contributed by atoms with E-state index in [4.69, 9.17) is 0 Å². The largest absolute Gasteiger partial charge is 0.309 e. The maximum Gasteiger partial charge on any atom is 0.0964 e. The number of nitrogens with one attached hydrogen (secondary N) is 1. The highest BCUT2D eigenvalue weighted by Crippen LogP contribution is 1.96. The Kier molecular flexibility index (Phi) is 5.42. The first-order chi connectivity index (χ1) is 7.58. The van der Waals surface area contributed by atoms with E-state index in [2.05, 4.69) is 48.5 Å². The highest BCUT2D eigenvalue weighted by Gasteiger charge is 2.01. The standard InChI is InChI=1S/C11H23N5/c1-10(2)12-8-11-9-16(14-13-11)7-5-6-15(3)4/h9-10,12H,5-8H2,1-4H3. The Morgan fingerprint density at radius 1 is 1.44 bits per heavy atom. The molecule has 0 bridgehead atoms. The Hall–Kier alpha value is -0.940. The van der Waals surface area contributed by atoms with Gasteiger partial charge in [0.15, 0.2) is 0 Å². The smallest absolute Gasteiger partial charge is 0.0964 e. The van der Waals surface area contributed by atoms with E-state index in [9.17, 15) is 0 Å². The molecule has 5 heteroatoms. The Bertz CT molecular complexity index is 292. The minimum atomic E-state index is 0.485. The predicted molar refractivity (Wildman–Crippen MR) is 65.2 cm³/mol. The summed E-state index contributed by atoms with van der Waals surface area (Å²) < 4.78 is 1.92. The maximum absolute atomic E-state index is 4.12. The molecule has 16 heavy (non-hydrogen) atoms. The van der Waals surface area contributed by atoms with E-state index in [1.165, 1.54) is 0 Å². The van der Waals surface area contributed by atoms with Gasteiger partial charge in [0.05, 0.1) is 5.69 Å². The third-order valence-electron chi connectivity index (χ3n) is 2.27. The Balaban J connectivity index is 2.28. The number of aromatic nitrogens is 3. The van der Waals surface area contributed by atoms with Crippen LogP contribution in [0.15, 0.2) is 6.20 Å². The van der Waals surface area contributed by atoms with Crippen molar-refractivity contribution in [2.24, 2.45) is 0 Å². The second kappa shape index (κ2) is 6.60. The van der Waals surface area contributed by atoms with Crippen molar-refractivity contribution in [3.05, 3.63) is 11.9 Å². The van der Waals surface area contributed by atoms with E-state index in [0.717, 1.165) is 31.7 Å². The van der Waals surface area contributed by atoms with Crippen molar-refractivity contribution in [1.82, 2.24) is 25.2 Å². The summed E-state index contributed by atoms with van der Waals surface area (Å²) in [6, 6.07) is 0.485. The molecule has 0 spiro atoms. The Morgan fingerprint density at radius 3 is 2.81 bits per heavy atom. The molecule has 1 N–H and O–H groups in total. The van der Waals surface area contributed by atoms with Crippen molar-refractivity contribution in [3.63, 3.8) is 0 Å². The van der Waals surface area contributed by atoms with Crippen LogP contribution >= 0.6 is 0 Å². The summed E-state index contributed by atoms with van der Waals surface area (Å²) >= 11 is 0. The van der Waals surface area contributed by atoms with E-state index in [-0.39, 0.29) is 0 Å². The molecule has 0 aliphatic heterocycles. The molecule has 0 aromatic carbocycles. The van der Waals surface area contributed by atoms with Gasteiger partial charge < -0.3 is 10.2 Å². The Labute approximate surface area is 97.8 Å². The van der Waals surface area contributed by atoms with Crippen molar-refractivity contribution >= 4 is 0 Å². The lowest BCUT2D eigenvalue weighted by molar-refractivity contribution is 0.379. The molecule has 0 radical (unpaired) electrons. The minimum Gasteiger partial charge on any atom is -0.309 e. The molecule has 0 unspecified atom stereocenters. The van der Waals surface area contributed by atoms with Crippen molar-refractivity contribution in [3.8, 4) is 0 Å². The van der Waals surface area contributed by atoms with E-state index in [0.29, 0.717) is 6.04 Å². The molecule has 1 aromatic rings. The van der Waals surface area contributed by atoms with Crippen molar-refractivity contribution in [2.75, 3.05) is 20.6 Å². The van der Waals surface area contributed by atoms with Gasteiger partial charge in [-0.2, -0.15) is 0 Å². The zero-order chi connectivity index (χ0) is 12.0. The van der Waals surface area contributed by atoms with Gasteiger partial charge in [-0.15, -0.1) is 5.10 Å². The topological polar surface area (TPSA) is 46.0 Å². The number of hydrogen-bond donors (Lipinski definition) is 1. The van der Waals surface area contributed by atoms with Crippen LogP contribution in [-0.4, -0.2) is 46.6 Å². The summed E-state index contributed by atoms with van der Waals surface area (Å²) in [5.74, 6) is 0. The van der Waals surface area contributed by atoms with Gasteiger partial charge >= 0.3 is 0 Å². The molecule has 0 aliphatic carbocycles. The van der Waals surface area contributed by atoms with Crippen LogP contribution in [0.5, 0.6) is 0 Å². The first kappa shape index (κ1) is 13.1. The molecule has 0 fully saturated rings. The van der Waals surface area contributed by atoms with Gasteiger partial charge in [0, 0.05) is 25.3 Å². The van der Waals surface area contributed by atoms with E-state index < -0.39 is 0 Å². The second-order valence-electron chi connectivity index (χ2n) is 4.67. The maximum atomic E-state index is 4.12. The fourth-order valence-electron chi connectivity index (χ4n) is 1.39. The van der Waals surface area contributed by atoms with Crippen LogP contribution in [0.25, 0.3) is 0 Å². The molecule has 0 atom stereocenters. The number of aryl methyl sites for hydroxylation is 1. The van der Waals surface area contributed by atoms with Gasteiger partial charge in [0.2, 0.25) is 0 Å². The minimum absolute atomic E-state index is 0.485. The number of nitrogens with zero attached hydrogens (tertiary/aromatic N) is 4. The quantitative estimate of drug-likeness (QED) is 0.743. The van der Waals surface area contributed by atoms with Crippen LogP contribution < -0.4 is 5.32 Å². The monoisotopic (exact) mass is 225 g/mol. The predicted octanol–water partition coefficient (Wildman–Crippen LogP) is 0.728. The SMILES string of the molecule is CC(C)NCc1cn(CCCN(C)C)nn1. The first-order valence-electron chi connectivity index (χ1n) is 5.85. The normalized spacial score (nSPS) is 11.6. The second-order valence-corrected chi connectivity index (χ2v) is 4.67. The Morgan fingerprint density at radius 2 is 2.19 bits per heavy atom. The van der Waals surface area contributed by atoms with Crippen molar-refractivity contribution in [2.45, 2.75) is 39.4 Å². The third-order valence-corrected chi connectivity index (χ3v) is 2.27. The van der Waals surface area contributed by atoms with E-state index >= 15 is 0 Å². The van der Waals surface area contributed by atoms with Crippen LogP contribution in [0.1, 0.15) is 26.0 Å². The van der Waals surface area contributed by atoms with Gasteiger partial charge in [0.25, 0.3) is 0 Å². The molecule has 0 saturated carbocycles. The van der Waals surface area contributed by atoms with Crippen LogP contribution in [0, 0.1) is 0 Å². The molecular formula is C11H23N5. The lowest BCUT2D eigenvalue weighted by Gasteiger charge is -2.08. The van der Waals surface area contributed by atoms with Crippen molar-refractivity contribution in [1.29, 1.82) is 0 Å². The fourth-order valence-corrected chi connectivity index (χ4v) is 1.39. The van der Waals surface area contributed by atoms with Crippen LogP contribution in [0.2, 0.25) is 0 Å². The summed E-state index contributed by atoms with van der Waals surface area (Å²) in [7, 11) is 4.17. The zero-order valence-electron chi connectivity index (χ0n) is 10.8. The molecule has 0 amide bonds. The van der Waals surface area contributed by atoms with Gasteiger partial charge in [0.1, 0.15) is 0 Å². The highest BCUT2D eigenvalue weighted by atomic mass is 15.4. The number of hydrogen-bond acceptors (Lipinski definition) is 4. The highest BCUT2D eigenvalue weighted by molar-refractivity contribution is 4.91.